The number of carbonyl (C=O) groups excluding carboxylic acids is 3. The molecule has 0 amide bonds. The van der Waals surface area contributed by atoms with Crippen molar-refractivity contribution in [2.75, 3.05) is 13.2 Å². The van der Waals surface area contributed by atoms with Gasteiger partial charge in [-0.25, -0.2) is 0 Å². The number of rotatable bonds is 53. The molecule has 0 aliphatic carbocycles. The first-order chi connectivity index (χ1) is 33.5. The molecule has 6 nitrogen and oxygen atoms in total. The summed E-state index contributed by atoms with van der Waals surface area (Å²) in [5, 5.41) is 0. The molecule has 0 heterocycles. The van der Waals surface area contributed by atoms with E-state index in [1.165, 1.54) is 180 Å². The molecular formula is C62H110O6. The van der Waals surface area contributed by atoms with Gasteiger partial charge in [-0.1, -0.05) is 255 Å². The average molecular weight is 952 g/mol. The number of unbranched alkanes of at least 4 members (excludes halogenated alkanes) is 32. The van der Waals surface area contributed by atoms with Gasteiger partial charge in [0.2, 0.25) is 0 Å². The highest BCUT2D eigenvalue weighted by Crippen LogP contribution is 2.16. The fourth-order valence-electron chi connectivity index (χ4n) is 8.31. The van der Waals surface area contributed by atoms with E-state index in [1.807, 2.05) is 0 Å². The van der Waals surface area contributed by atoms with E-state index in [-0.39, 0.29) is 37.5 Å². The van der Waals surface area contributed by atoms with Gasteiger partial charge in [0.25, 0.3) is 0 Å². The maximum absolute atomic E-state index is 12.9. The summed E-state index contributed by atoms with van der Waals surface area (Å²) in [5.74, 6) is -0.945. The highest BCUT2D eigenvalue weighted by molar-refractivity contribution is 5.71. The van der Waals surface area contributed by atoms with Gasteiger partial charge < -0.3 is 14.2 Å². The Morgan fingerprint density at radius 2 is 0.544 bits per heavy atom. The highest BCUT2D eigenvalue weighted by atomic mass is 16.6. The normalized spacial score (nSPS) is 12.5. The van der Waals surface area contributed by atoms with Crippen LogP contribution in [0.2, 0.25) is 0 Å². The van der Waals surface area contributed by atoms with E-state index in [9.17, 15) is 14.4 Å². The van der Waals surface area contributed by atoms with Crippen LogP contribution in [0.5, 0.6) is 0 Å². The van der Waals surface area contributed by atoms with Gasteiger partial charge in [-0.2, -0.15) is 0 Å². The Hall–Kier alpha value is -2.89. The molecule has 0 fully saturated rings. The second-order valence-electron chi connectivity index (χ2n) is 19.6. The number of carbonyl (C=O) groups is 3. The van der Waals surface area contributed by atoms with Crippen molar-refractivity contribution < 1.29 is 28.6 Å². The monoisotopic (exact) mass is 951 g/mol. The zero-order valence-electron chi connectivity index (χ0n) is 45.1. The Balaban J connectivity index is 4.45. The SMILES string of the molecule is CCCCC/C=C\C/C=C\C/C=C\C/C=C\CCCC(=O)OCC(COC(=O)CCCCCCC/C=C\CCCCCCCCC)OC(=O)CCCCCCCCCCCCCCCCCCC. The Morgan fingerprint density at radius 3 is 0.926 bits per heavy atom. The van der Waals surface area contributed by atoms with E-state index in [1.54, 1.807) is 0 Å². The zero-order chi connectivity index (χ0) is 49.3. The van der Waals surface area contributed by atoms with E-state index in [2.05, 4.69) is 81.5 Å². The van der Waals surface area contributed by atoms with Crippen molar-refractivity contribution in [1.82, 2.24) is 0 Å². The molecule has 0 aromatic heterocycles. The Kier molecular flexibility index (Phi) is 54.3. The fraction of sp³-hybridized carbons (Fsp3) is 0.790. The van der Waals surface area contributed by atoms with Gasteiger partial charge in [0.05, 0.1) is 0 Å². The summed E-state index contributed by atoms with van der Waals surface area (Å²) in [7, 11) is 0. The quantitative estimate of drug-likeness (QED) is 0.0262. The zero-order valence-corrected chi connectivity index (χ0v) is 45.1. The van der Waals surface area contributed by atoms with Crippen LogP contribution in [0.15, 0.2) is 60.8 Å². The molecule has 68 heavy (non-hydrogen) atoms. The molecule has 394 valence electrons. The molecule has 0 aliphatic heterocycles. The van der Waals surface area contributed by atoms with E-state index in [4.69, 9.17) is 14.2 Å². The third-order valence-corrected chi connectivity index (χ3v) is 12.7. The molecule has 0 saturated carbocycles. The molecule has 6 heteroatoms. The number of ether oxygens (including phenoxy) is 3. The summed E-state index contributed by atoms with van der Waals surface area (Å²) in [5.41, 5.74) is 0. The summed E-state index contributed by atoms with van der Waals surface area (Å²) >= 11 is 0. The van der Waals surface area contributed by atoms with Gasteiger partial charge in [-0.3, -0.25) is 14.4 Å². The van der Waals surface area contributed by atoms with Crippen molar-refractivity contribution >= 4 is 17.9 Å². The van der Waals surface area contributed by atoms with Gasteiger partial charge in [0.1, 0.15) is 13.2 Å². The summed E-state index contributed by atoms with van der Waals surface area (Å²) in [4.78, 5) is 38.1. The number of esters is 3. The predicted molar refractivity (Wildman–Crippen MR) is 293 cm³/mol. The molecule has 0 aromatic rings. The van der Waals surface area contributed by atoms with Crippen molar-refractivity contribution in [3.8, 4) is 0 Å². The molecule has 0 bridgehead atoms. The van der Waals surface area contributed by atoms with Crippen LogP contribution in [0.1, 0.15) is 297 Å². The summed E-state index contributed by atoms with van der Waals surface area (Å²) in [6.45, 7) is 6.59. The molecular weight excluding hydrogens is 841 g/mol. The molecule has 0 spiro atoms. The average Bonchev–Trinajstić information content (AvgIpc) is 3.34. The molecule has 0 aromatic carbocycles. The van der Waals surface area contributed by atoms with Crippen molar-refractivity contribution in [2.45, 2.75) is 303 Å². The lowest BCUT2D eigenvalue weighted by Crippen LogP contribution is -2.30. The van der Waals surface area contributed by atoms with Crippen LogP contribution in [0.25, 0.3) is 0 Å². The Bertz CT molecular complexity index is 1230. The second-order valence-corrected chi connectivity index (χ2v) is 19.6. The number of hydrogen-bond acceptors (Lipinski definition) is 6. The van der Waals surface area contributed by atoms with Crippen LogP contribution in [-0.4, -0.2) is 37.2 Å². The minimum Gasteiger partial charge on any atom is -0.462 e. The van der Waals surface area contributed by atoms with Gasteiger partial charge in [0.15, 0.2) is 6.10 Å². The van der Waals surface area contributed by atoms with Crippen molar-refractivity contribution in [3.63, 3.8) is 0 Å². The molecule has 1 unspecified atom stereocenters. The van der Waals surface area contributed by atoms with Gasteiger partial charge in [0, 0.05) is 19.3 Å². The lowest BCUT2D eigenvalue weighted by Gasteiger charge is -2.18. The minimum absolute atomic E-state index is 0.0929. The van der Waals surface area contributed by atoms with E-state index >= 15 is 0 Å². The van der Waals surface area contributed by atoms with Crippen LogP contribution >= 0.6 is 0 Å². The van der Waals surface area contributed by atoms with Crippen molar-refractivity contribution in [1.29, 1.82) is 0 Å². The number of allylic oxidation sites excluding steroid dienone is 10. The third-order valence-electron chi connectivity index (χ3n) is 12.7. The topological polar surface area (TPSA) is 78.9 Å². The van der Waals surface area contributed by atoms with Crippen LogP contribution in [0, 0.1) is 0 Å². The van der Waals surface area contributed by atoms with Gasteiger partial charge in [-0.15, -0.1) is 0 Å². The highest BCUT2D eigenvalue weighted by Gasteiger charge is 2.19. The van der Waals surface area contributed by atoms with Crippen molar-refractivity contribution in [2.24, 2.45) is 0 Å². The van der Waals surface area contributed by atoms with Crippen LogP contribution in [0.3, 0.4) is 0 Å². The molecule has 1 atom stereocenters. The molecule has 0 aliphatic rings. The maximum atomic E-state index is 12.9. The molecule has 0 radical (unpaired) electrons. The molecule has 0 saturated heterocycles. The number of hydrogen-bond donors (Lipinski definition) is 0. The first kappa shape index (κ1) is 65.1. The van der Waals surface area contributed by atoms with Gasteiger partial charge in [-0.05, 0) is 83.5 Å². The first-order valence-corrected chi connectivity index (χ1v) is 29.3. The predicted octanol–water partition coefficient (Wildman–Crippen LogP) is 19.6. The third kappa shape index (κ3) is 54.1. The Morgan fingerprint density at radius 1 is 0.294 bits per heavy atom. The van der Waals surface area contributed by atoms with Crippen LogP contribution in [0.4, 0.5) is 0 Å². The van der Waals surface area contributed by atoms with Crippen LogP contribution < -0.4 is 0 Å². The van der Waals surface area contributed by atoms with Crippen molar-refractivity contribution in [3.05, 3.63) is 60.8 Å². The van der Waals surface area contributed by atoms with E-state index in [0.717, 1.165) is 70.6 Å². The second kappa shape index (κ2) is 56.7. The fourth-order valence-corrected chi connectivity index (χ4v) is 8.31. The lowest BCUT2D eigenvalue weighted by molar-refractivity contribution is -0.167. The Labute approximate surface area is 421 Å². The minimum atomic E-state index is -0.798. The van der Waals surface area contributed by atoms with Gasteiger partial charge >= 0.3 is 17.9 Å². The van der Waals surface area contributed by atoms with E-state index in [0.29, 0.717) is 19.3 Å². The smallest absolute Gasteiger partial charge is 0.306 e. The standard InChI is InChI=1S/C62H110O6/c1-4-7-10-13-16-19-22-25-28-31-34-37-40-43-46-49-52-55-61(64)67-58-59(57-66-60(63)54-51-48-45-42-39-36-33-30-27-24-21-18-15-12-9-6-3)68-62(65)56-53-50-47-44-41-38-35-32-29-26-23-20-17-14-11-8-5-2/h16,19,25,28,30,33-34,37,43,46,59H,4-15,17-18,20-24,26-27,29,31-32,35-36,38-42,44-45,47-58H2,1-3H3/b19-16-,28-25-,33-30-,37-34-,46-43-. The summed E-state index contributed by atoms with van der Waals surface area (Å²) in [6, 6.07) is 0. The summed E-state index contributed by atoms with van der Waals surface area (Å²) in [6.07, 6.45) is 70.7. The molecule has 0 N–H and O–H groups in total. The maximum Gasteiger partial charge on any atom is 0.306 e. The lowest BCUT2D eigenvalue weighted by atomic mass is 10.0. The largest absolute Gasteiger partial charge is 0.462 e. The van der Waals surface area contributed by atoms with Crippen LogP contribution in [-0.2, 0) is 28.6 Å². The molecule has 0 rings (SSSR count). The van der Waals surface area contributed by atoms with E-state index < -0.39 is 6.10 Å². The summed E-state index contributed by atoms with van der Waals surface area (Å²) < 4.78 is 16.8. The first-order valence-electron chi connectivity index (χ1n) is 29.3.